The van der Waals surface area contributed by atoms with Crippen LogP contribution in [0.4, 0.5) is 0 Å². The van der Waals surface area contributed by atoms with E-state index in [0.29, 0.717) is 12.2 Å². The summed E-state index contributed by atoms with van der Waals surface area (Å²) < 4.78 is 4.61. The highest BCUT2D eigenvalue weighted by molar-refractivity contribution is 5.87. The Balaban J connectivity index is 2.50. The molecule has 0 aliphatic carbocycles. The number of terminal acetylenes is 1. The molecule has 0 aliphatic rings. The topological polar surface area (TPSA) is 54.1 Å². The lowest BCUT2D eigenvalue weighted by atomic mass is 10.2. The Morgan fingerprint density at radius 2 is 2.41 bits per heavy atom. The molecule has 0 amide bonds. The molecular formula is C13H18N2O2. The maximum absolute atomic E-state index is 11.2. The van der Waals surface area contributed by atoms with Crippen LogP contribution in [-0.4, -0.2) is 24.1 Å². The first kappa shape index (κ1) is 13.3. The van der Waals surface area contributed by atoms with E-state index in [9.17, 15) is 4.79 Å². The number of methoxy groups -OCH3 is 1. The summed E-state index contributed by atoms with van der Waals surface area (Å²) in [6, 6.07) is 3.62. The van der Waals surface area contributed by atoms with Crippen molar-refractivity contribution >= 4 is 5.97 Å². The number of aromatic amines is 1. The van der Waals surface area contributed by atoms with Crippen molar-refractivity contribution in [1.29, 1.82) is 0 Å². The molecule has 1 rings (SSSR count). The van der Waals surface area contributed by atoms with Crippen molar-refractivity contribution in [2.75, 3.05) is 7.11 Å². The van der Waals surface area contributed by atoms with Gasteiger partial charge in [0.25, 0.3) is 0 Å². The van der Waals surface area contributed by atoms with Gasteiger partial charge in [-0.2, -0.15) is 0 Å². The summed E-state index contributed by atoms with van der Waals surface area (Å²) in [4.78, 5) is 14.2. The fourth-order valence-electron chi connectivity index (χ4n) is 1.54. The lowest BCUT2D eigenvalue weighted by molar-refractivity contribution is 0.0594. The van der Waals surface area contributed by atoms with Gasteiger partial charge in [-0.3, -0.25) is 5.32 Å². The number of H-pyrrole nitrogens is 1. The van der Waals surface area contributed by atoms with E-state index in [1.54, 1.807) is 6.07 Å². The summed E-state index contributed by atoms with van der Waals surface area (Å²) >= 11 is 0. The number of esters is 1. The van der Waals surface area contributed by atoms with Crippen LogP contribution >= 0.6 is 0 Å². The van der Waals surface area contributed by atoms with Crippen LogP contribution in [0.25, 0.3) is 0 Å². The number of rotatable bonds is 6. The lowest BCUT2D eigenvalue weighted by Crippen LogP contribution is -2.26. The average Bonchev–Trinajstić information content (AvgIpc) is 2.82. The molecule has 0 radical (unpaired) electrons. The number of carbonyl (C=O) groups is 1. The Morgan fingerprint density at radius 1 is 1.65 bits per heavy atom. The Bertz CT molecular complexity index is 404. The fraction of sp³-hybridized carbons (Fsp3) is 0.462. The largest absolute Gasteiger partial charge is 0.464 e. The number of ether oxygens (including phenoxy) is 1. The van der Waals surface area contributed by atoms with Crippen molar-refractivity contribution in [2.45, 2.75) is 32.4 Å². The normalized spacial score (nSPS) is 11.8. The van der Waals surface area contributed by atoms with Gasteiger partial charge in [-0.25, -0.2) is 4.79 Å². The van der Waals surface area contributed by atoms with Gasteiger partial charge in [-0.05, 0) is 18.6 Å². The SMILES string of the molecule is C#CC(CCC)NCc1ccc(C(=O)OC)[nH]1. The summed E-state index contributed by atoms with van der Waals surface area (Å²) in [5.41, 5.74) is 1.37. The molecule has 0 bridgehead atoms. The third-order valence-corrected chi connectivity index (χ3v) is 2.47. The molecule has 1 unspecified atom stereocenters. The van der Waals surface area contributed by atoms with E-state index >= 15 is 0 Å². The fourth-order valence-corrected chi connectivity index (χ4v) is 1.54. The maximum Gasteiger partial charge on any atom is 0.354 e. The van der Waals surface area contributed by atoms with E-state index in [4.69, 9.17) is 6.42 Å². The van der Waals surface area contributed by atoms with Crippen molar-refractivity contribution in [3.8, 4) is 12.3 Å². The zero-order chi connectivity index (χ0) is 12.7. The van der Waals surface area contributed by atoms with Gasteiger partial charge in [0.1, 0.15) is 5.69 Å². The van der Waals surface area contributed by atoms with Crippen LogP contribution in [0.3, 0.4) is 0 Å². The highest BCUT2D eigenvalue weighted by Gasteiger charge is 2.08. The molecule has 1 atom stereocenters. The zero-order valence-electron chi connectivity index (χ0n) is 10.2. The average molecular weight is 234 g/mol. The Morgan fingerprint density at radius 3 is 3.00 bits per heavy atom. The highest BCUT2D eigenvalue weighted by Crippen LogP contribution is 2.04. The molecule has 0 saturated carbocycles. The predicted molar refractivity (Wildman–Crippen MR) is 66.5 cm³/mol. The third-order valence-electron chi connectivity index (χ3n) is 2.47. The summed E-state index contributed by atoms with van der Waals surface area (Å²) in [6.45, 7) is 2.71. The summed E-state index contributed by atoms with van der Waals surface area (Å²) in [5, 5.41) is 3.24. The molecule has 1 aromatic rings. The molecule has 2 N–H and O–H groups in total. The molecule has 4 heteroatoms. The second kappa shape index (κ2) is 6.77. The quantitative estimate of drug-likeness (QED) is 0.582. The first-order chi connectivity index (χ1) is 8.21. The van der Waals surface area contributed by atoms with E-state index in [-0.39, 0.29) is 12.0 Å². The second-order valence-corrected chi connectivity index (χ2v) is 3.78. The molecule has 4 nitrogen and oxygen atoms in total. The van der Waals surface area contributed by atoms with Gasteiger partial charge in [-0.1, -0.05) is 19.3 Å². The van der Waals surface area contributed by atoms with Gasteiger partial charge in [0.15, 0.2) is 0 Å². The van der Waals surface area contributed by atoms with Crippen molar-refractivity contribution in [3.05, 3.63) is 23.5 Å². The Labute approximate surface area is 102 Å². The standard InChI is InChI=1S/C13H18N2O2/c1-4-6-10(5-2)14-9-11-7-8-12(15-11)13(16)17-3/h2,7-8,10,14-15H,4,6,9H2,1,3H3. The van der Waals surface area contributed by atoms with Crippen LogP contribution in [-0.2, 0) is 11.3 Å². The van der Waals surface area contributed by atoms with Gasteiger partial charge < -0.3 is 9.72 Å². The van der Waals surface area contributed by atoms with Crippen molar-refractivity contribution in [2.24, 2.45) is 0 Å². The molecule has 0 aliphatic heterocycles. The smallest absolute Gasteiger partial charge is 0.354 e. The van der Waals surface area contributed by atoms with Crippen LogP contribution < -0.4 is 5.32 Å². The summed E-state index contributed by atoms with van der Waals surface area (Å²) in [7, 11) is 1.36. The first-order valence-corrected chi connectivity index (χ1v) is 5.67. The van der Waals surface area contributed by atoms with Crippen LogP contribution in [0, 0.1) is 12.3 Å². The van der Waals surface area contributed by atoms with Crippen LogP contribution in [0.5, 0.6) is 0 Å². The monoisotopic (exact) mass is 234 g/mol. The van der Waals surface area contributed by atoms with Gasteiger partial charge in [0.2, 0.25) is 0 Å². The molecule has 17 heavy (non-hydrogen) atoms. The minimum Gasteiger partial charge on any atom is -0.464 e. The van der Waals surface area contributed by atoms with Crippen LogP contribution in [0.15, 0.2) is 12.1 Å². The second-order valence-electron chi connectivity index (χ2n) is 3.78. The van der Waals surface area contributed by atoms with Crippen molar-refractivity contribution < 1.29 is 9.53 Å². The van der Waals surface area contributed by atoms with E-state index in [2.05, 4.69) is 27.9 Å². The predicted octanol–water partition coefficient (Wildman–Crippen LogP) is 1.69. The molecular weight excluding hydrogens is 216 g/mol. The van der Waals surface area contributed by atoms with Crippen LogP contribution in [0.2, 0.25) is 0 Å². The zero-order valence-corrected chi connectivity index (χ0v) is 10.2. The Kier molecular flexibility index (Phi) is 5.31. The van der Waals surface area contributed by atoms with E-state index < -0.39 is 0 Å². The van der Waals surface area contributed by atoms with Gasteiger partial charge >= 0.3 is 5.97 Å². The molecule has 1 aromatic heterocycles. The number of aromatic nitrogens is 1. The molecule has 0 fully saturated rings. The first-order valence-electron chi connectivity index (χ1n) is 5.67. The van der Waals surface area contributed by atoms with Crippen LogP contribution in [0.1, 0.15) is 35.9 Å². The number of hydrogen-bond donors (Lipinski definition) is 2. The summed E-state index contributed by atoms with van der Waals surface area (Å²) in [5.74, 6) is 2.33. The highest BCUT2D eigenvalue weighted by atomic mass is 16.5. The number of carbonyl (C=O) groups excluding carboxylic acids is 1. The van der Waals surface area contributed by atoms with Gasteiger partial charge in [-0.15, -0.1) is 6.42 Å². The van der Waals surface area contributed by atoms with E-state index in [1.165, 1.54) is 7.11 Å². The van der Waals surface area contributed by atoms with E-state index in [1.807, 2.05) is 6.07 Å². The molecule has 1 heterocycles. The third kappa shape index (κ3) is 3.97. The van der Waals surface area contributed by atoms with Gasteiger partial charge in [0, 0.05) is 12.2 Å². The maximum atomic E-state index is 11.2. The minimum atomic E-state index is -0.363. The molecule has 0 aromatic carbocycles. The van der Waals surface area contributed by atoms with Crippen molar-refractivity contribution in [3.63, 3.8) is 0 Å². The molecule has 92 valence electrons. The number of nitrogens with one attached hydrogen (secondary N) is 2. The van der Waals surface area contributed by atoms with Gasteiger partial charge in [0.05, 0.1) is 13.2 Å². The lowest BCUT2D eigenvalue weighted by Gasteiger charge is -2.10. The van der Waals surface area contributed by atoms with Crippen molar-refractivity contribution in [1.82, 2.24) is 10.3 Å². The van der Waals surface area contributed by atoms with E-state index in [0.717, 1.165) is 18.5 Å². The molecule has 0 spiro atoms. The Hall–Kier alpha value is -1.73. The number of hydrogen-bond acceptors (Lipinski definition) is 3. The minimum absolute atomic E-state index is 0.0740. The molecule has 0 saturated heterocycles. The summed E-state index contributed by atoms with van der Waals surface area (Å²) in [6.07, 6.45) is 7.39.